The van der Waals surface area contributed by atoms with Gasteiger partial charge in [-0.3, -0.25) is 4.90 Å². The number of hydrogen-bond donors (Lipinski definition) is 1. The summed E-state index contributed by atoms with van der Waals surface area (Å²) < 4.78 is 5.57. The number of likely N-dealkylation sites (N-methyl/N-ethyl adjacent to an activating group) is 1. The molecule has 0 aromatic heterocycles. The first-order valence-electron chi connectivity index (χ1n) is 6.71. The van der Waals surface area contributed by atoms with Crippen molar-refractivity contribution in [3.05, 3.63) is 34.9 Å². The van der Waals surface area contributed by atoms with Gasteiger partial charge in [0.05, 0.1) is 12.1 Å². The van der Waals surface area contributed by atoms with Gasteiger partial charge < -0.3 is 10.5 Å². The topological polar surface area (TPSA) is 38.5 Å². The molecule has 0 aliphatic carbocycles. The Kier molecular flexibility index (Phi) is 6.27. The van der Waals surface area contributed by atoms with Gasteiger partial charge in [-0.2, -0.15) is 0 Å². The lowest BCUT2D eigenvalue weighted by atomic mass is 9.97. The summed E-state index contributed by atoms with van der Waals surface area (Å²) in [7, 11) is 2.08. The Morgan fingerprint density at radius 3 is 2.68 bits per heavy atom. The molecule has 0 bridgehead atoms. The van der Waals surface area contributed by atoms with Crippen LogP contribution >= 0.6 is 11.6 Å². The Bertz CT molecular complexity index is 399. The molecular weight excluding hydrogens is 260 g/mol. The van der Waals surface area contributed by atoms with E-state index in [2.05, 4.69) is 31.9 Å². The van der Waals surface area contributed by atoms with Gasteiger partial charge in [0, 0.05) is 24.2 Å². The van der Waals surface area contributed by atoms with Crippen LogP contribution in [0.5, 0.6) is 0 Å². The highest BCUT2D eigenvalue weighted by Crippen LogP contribution is 2.27. The quantitative estimate of drug-likeness (QED) is 0.836. The van der Waals surface area contributed by atoms with Crippen molar-refractivity contribution >= 4 is 11.6 Å². The van der Waals surface area contributed by atoms with Crippen molar-refractivity contribution in [2.75, 3.05) is 26.8 Å². The summed E-state index contributed by atoms with van der Waals surface area (Å²) in [5.41, 5.74) is 6.95. The van der Waals surface area contributed by atoms with Crippen LogP contribution in [0.2, 0.25) is 5.02 Å². The molecule has 108 valence electrons. The lowest BCUT2D eigenvalue weighted by Gasteiger charge is -2.41. The highest BCUT2D eigenvalue weighted by Gasteiger charge is 2.31. The van der Waals surface area contributed by atoms with E-state index >= 15 is 0 Å². The zero-order chi connectivity index (χ0) is 14.5. The highest BCUT2D eigenvalue weighted by atomic mass is 35.5. The summed E-state index contributed by atoms with van der Waals surface area (Å²) in [6, 6.07) is 8.18. The molecule has 2 atom stereocenters. The molecule has 1 aromatic rings. The molecule has 19 heavy (non-hydrogen) atoms. The molecule has 0 saturated heterocycles. The van der Waals surface area contributed by atoms with Gasteiger partial charge in [-0.1, -0.05) is 23.7 Å². The second kappa shape index (κ2) is 7.25. The van der Waals surface area contributed by atoms with Crippen molar-refractivity contribution in [2.24, 2.45) is 5.73 Å². The minimum Gasteiger partial charge on any atom is -0.380 e. The molecule has 0 fully saturated rings. The number of ether oxygens (including phenoxy) is 1. The van der Waals surface area contributed by atoms with Crippen LogP contribution in [-0.2, 0) is 4.74 Å². The predicted molar refractivity (Wildman–Crippen MR) is 81.6 cm³/mol. The molecule has 0 radical (unpaired) electrons. The Morgan fingerprint density at radius 2 is 2.16 bits per heavy atom. The number of benzene rings is 1. The van der Waals surface area contributed by atoms with E-state index in [-0.39, 0.29) is 11.6 Å². The fourth-order valence-corrected chi connectivity index (χ4v) is 2.28. The van der Waals surface area contributed by atoms with Gasteiger partial charge in [0.25, 0.3) is 0 Å². The Labute approximate surface area is 121 Å². The number of halogens is 1. The average Bonchev–Trinajstić information content (AvgIpc) is 2.43. The molecule has 3 nitrogen and oxygen atoms in total. The molecule has 0 aliphatic heterocycles. The van der Waals surface area contributed by atoms with E-state index in [1.54, 1.807) is 0 Å². The predicted octanol–water partition coefficient (Wildman–Crippen LogP) is 3.09. The normalized spacial score (nSPS) is 16.4. The number of hydrogen-bond acceptors (Lipinski definition) is 3. The summed E-state index contributed by atoms with van der Waals surface area (Å²) in [4.78, 5) is 2.26. The molecule has 0 amide bonds. The van der Waals surface area contributed by atoms with Gasteiger partial charge in [0.2, 0.25) is 0 Å². The number of nitrogens with zero attached hydrogens (tertiary/aromatic N) is 1. The van der Waals surface area contributed by atoms with Crippen molar-refractivity contribution < 1.29 is 4.74 Å². The average molecular weight is 285 g/mol. The van der Waals surface area contributed by atoms with E-state index < -0.39 is 0 Å². The lowest BCUT2D eigenvalue weighted by molar-refractivity contribution is 0.00543. The summed E-state index contributed by atoms with van der Waals surface area (Å²) in [5, 5.41) is 0.761. The summed E-state index contributed by atoms with van der Waals surface area (Å²) in [6.07, 6.45) is 0. The molecule has 2 N–H and O–H groups in total. The third kappa shape index (κ3) is 4.18. The first-order chi connectivity index (χ1) is 8.94. The van der Waals surface area contributed by atoms with Crippen LogP contribution < -0.4 is 5.73 Å². The summed E-state index contributed by atoms with van der Waals surface area (Å²) in [5.74, 6) is 0. The minimum atomic E-state index is -0.183. The molecular formula is C15H25ClN2O. The van der Waals surface area contributed by atoms with Crippen molar-refractivity contribution in [2.45, 2.75) is 32.4 Å². The van der Waals surface area contributed by atoms with Crippen molar-refractivity contribution in [1.82, 2.24) is 4.90 Å². The molecule has 0 heterocycles. The van der Waals surface area contributed by atoms with Crippen LogP contribution in [0.15, 0.2) is 24.3 Å². The molecule has 1 aromatic carbocycles. The van der Waals surface area contributed by atoms with Crippen molar-refractivity contribution in [3.63, 3.8) is 0 Å². The molecule has 2 unspecified atom stereocenters. The third-order valence-electron chi connectivity index (χ3n) is 3.82. The standard InChI is InChI=1S/C15H25ClN2O/c1-5-19-11-15(3,10-17)18(4)12(2)13-7-6-8-14(16)9-13/h6-9,12H,5,10-11,17H2,1-4H3. The van der Waals surface area contributed by atoms with Crippen LogP contribution in [0.3, 0.4) is 0 Å². The molecule has 0 saturated carbocycles. The Hall–Kier alpha value is -0.610. The van der Waals surface area contributed by atoms with E-state index in [1.165, 1.54) is 5.56 Å². The first kappa shape index (κ1) is 16.4. The molecule has 0 spiro atoms. The Morgan fingerprint density at radius 1 is 1.47 bits per heavy atom. The van der Waals surface area contributed by atoms with E-state index in [1.807, 2.05) is 25.1 Å². The summed E-state index contributed by atoms with van der Waals surface area (Å²) >= 11 is 6.06. The first-order valence-corrected chi connectivity index (χ1v) is 7.08. The molecule has 4 heteroatoms. The number of nitrogens with two attached hydrogens (primary N) is 1. The van der Waals surface area contributed by atoms with E-state index in [0.29, 0.717) is 19.8 Å². The maximum atomic E-state index is 6.06. The van der Waals surface area contributed by atoms with Crippen molar-refractivity contribution in [1.29, 1.82) is 0 Å². The van der Waals surface area contributed by atoms with Gasteiger partial charge in [-0.15, -0.1) is 0 Å². The van der Waals surface area contributed by atoms with Crippen molar-refractivity contribution in [3.8, 4) is 0 Å². The van der Waals surface area contributed by atoms with E-state index in [9.17, 15) is 0 Å². The second-order valence-electron chi connectivity index (χ2n) is 5.18. The monoisotopic (exact) mass is 284 g/mol. The fourth-order valence-electron chi connectivity index (χ4n) is 2.08. The zero-order valence-corrected chi connectivity index (χ0v) is 13.1. The Balaban J connectivity index is 2.87. The van der Waals surface area contributed by atoms with E-state index in [0.717, 1.165) is 5.02 Å². The van der Waals surface area contributed by atoms with Gasteiger partial charge >= 0.3 is 0 Å². The fraction of sp³-hybridized carbons (Fsp3) is 0.600. The minimum absolute atomic E-state index is 0.183. The second-order valence-corrected chi connectivity index (χ2v) is 5.62. The highest BCUT2D eigenvalue weighted by molar-refractivity contribution is 6.30. The lowest BCUT2D eigenvalue weighted by Crippen LogP contribution is -2.53. The van der Waals surface area contributed by atoms with Crippen LogP contribution in [0.25, 0.3) is 0 Å². The van der Waals surface area contributed by atoms with Crippen LogP contribution in [0.1, 0.15) is 32.4 Å². The molecule has 1 rings (SSSR count). The van der Waals surface area contributed by atoms with Gasteiger partial charge in [0.15, 0.2) is 0 Å². The third-order valence-corrected chi connectivity index (χ3v) is 4.06. The SMILES string of the molecule is CCOCC(C)(CN)N(C)C(C)c1cccc(Cl)c1. The van der Waals surface area contributed by atoms with Gasteiger partial charge in [-0.05, 0) is 45.5 Å². The molecule has 0 aliphatic rings. The number of rotatable bonds is 7. The van der Waals surface area contributed by atoms with Crippen LogP contribution in [-0.4, -0.2) is 37.2 Å². The van der Waals surface area contributed by atoms with Crippen LogP contribution in [0, 0.1) is 0 Å². The van der Waals surface area contributed by atoms with Gasteiger partial charge in [-0.25, -0.2) is 0 Å². The van der Waals surface area contributed by atoms with Crippen LogP contribution in [0.4, 0.5) is 0 Å². The maximum absolute atomic E-state index is 6.06. The van der Waals surface area contributed by atoms with E-state index in [4.69, 9.17) is 22.1 Å². The largest absolute Gasteiger partial charge is 0.380 e. The zero-order valence-electron chi connectivity index (χ0n) is 12.3. The maximum Gasteiger partial charge on any atom is 0.0660 e. The summed E-state index contributed by atoms with van der Waals surface area (Å²) in [6.45, 7) is 8.16. The van der Waals surface area contributed by atoms with Gasteiger partial charge in [0.1, 0.15) is 0 Å². The smallest absolute Gasteiger partial charge is 0.0660 e.